The molecule has 0 radical (unpaired) electrons. The highest BCUT2D eigenvalue weighted by molar-refractivity contribution is 6.40. The molecule has 6 nitrogen and oxygen atoms in total. The second-order valence-corrected chi connectivity index (χ2v) is 9.14. The minimum atomic E-state index is -0.787. The zero-order chi connectivity index (χ0) is 24.3. The second-order valence-electron chi connectivity index (χ2n) is 9.14. The van der Waals surface area contributed by atoms with Crippen molar-refractivity contribution in [3.8, 4) is 0 Å². The maximum atomic E-state index is 13.9. The van der Waals surface area contributed by atoms with Crippen LogP contribution in [0.5, 0.6) is 0 Å². The molecule has 2 aliphatic rings. The molecule has 6 aromatic carbocycles. The first-order chi connectivity index (χ1) is 17.5. The van der Waals surface area contributed by atoms with Crippen LogP contribution in [0.15, 0.2) is 78.9 Å². The molecule has 0 N–H and O–H groups in total. The van der Waals surface area contributed by atoms with Crippen LogP contribution in [0.1, 0.15) is 41.4 Å². The van der Waals surface area contributed by atoms with Crippen LogP contribution in [-0.2, 0) is 4.74 Å². The molecule has 6 aromatic rings. The topological polar surface area (TPSA) is 80.8 Å². The molecule has 8 rings (SSSR count). The van der Waals surface area contributed by atoms with E-state index in [4.69, 9.17) is 4.74 Å². The number of ether oxygens (including phenoxy) is 1. The van der Waals surface area contributed by atoms with E-state index in [0.717, 1.165) is 32.3 Å². The van der Waals surface area contributed by atoms with Crippen LogP contribution in [0.2, 0.25) is 0 Å². The number of cyclic esters (lactones) is 2. The number of imide groups is 1. The van der Waals surface area contributed by atoms with E-state index in [9.17, 15) is 19.2 Å². The predicted molar refractivity (Wildman–Crippen MR) is 135 cm³/mol. The van der Waals surface area contributed by atoms with Gasteiger partial charge < -0.3 is 4.74 Å². The largest absolute Gasteiger partial charge is 0.386 e. The molecule has 0 aliphatic carbocycles. The van der Waals surface area contributed by atoms with Gasteiger partial charge in [0, 0.05) is 27.3 Å². The van der Waals surface area contributed by atoms with Gasteiger partial charge in [0.1, 0.15) is 0 Å². The van der Waals surface area contributed by atoms with Crippen LogP contribution < -0.4 is 4.90 Å². The predicted octanol–water partition coefficient (Wildman–Crippen LogP) is 5.85. The van der Waals surface area contributed by atoms with Crippen molar-refractivity contribution >= 4 is 72.5 Å². The number of rotatable bonds is 1. The molecule has 0 atom stereocenters. The molecular formula is C30H13NO5. The summed E-state index contributed by atoms with van der Waals surface area (Å²) in [5, 5.41) is 6.52. The van der Waals surface area contributed by atoms with Crippen molar-refractivity contribution in [1.29, 1.82) is 0 Å². The number of nitrogens with zero attached hydrogens (tertiary/aromatic N) is 1. The van der Waals surface area contributed by atoms with Gasteiger partial charge in [-0.05, 0) is 57.3 Å². The van der Waals surface area contributed by atoms with Gasteiger partial charge in [-0.3, -0.25) is 9.59 Å². The first-order valence-electron chi connectivity index (χ1n) is 11.4. The maximum absolute atomic E-state index is 13.9. The van der Waals surface area contributed by atoms with Gasteiger partial charge >= 0.3 is 11.9 Å². The lowest BCUT2D eigenvalue weighted by Gasteiger charge is -2.30. The van der Waals surface area contributed by atoms with Gasteiger partial charge in [0.15, 0.2) is 0 Å². The summed E-state index contributed by atoms with van der Waals surface area (Å²) in [5.74, 6) is -2.58. The van der Waals surface area contributed by atoms with Crippen LogP contribution in [0, 0.1) is 0 Å². The Balaban J connectivity index is 1.46. The van der Waals surface area contributed by atoms with E-state index in [0.29, 0.717) is 16.5 Å². The minimum absolute atomic E-state index is 0.168. The maximum Gasteiger partial charge on any atom is 0.346 e. The van der Waals surface area contributed by atoms with Gasteiger partial charge in [0.25, 0.3) is 11.8 Å². The first kappa shape index (κ1) is 19.2. The molecular weight excluding hydrogens is 454 g/mol. The Morgan fingerprint density at radius 2 is 1.03 bits per heavy atom. The Hall–Kier alpha value is -5.10. The van der Waals surface area contributed by atoms with E-state index in [1.807, 2.05) is 48.5 Å². The van der Waals surface area contributed by atoms with Crippen LogP contribution in [0.25, 0.3) is 43.1 Å². The molecule has 2 heterocycles. The normalized spacial score (nSPS) is 15.1. The molecule has 0 aromatic heterocycles. The molecule has 0 spiro atoms. The zero-order valence-corrected chi connectivity index (χ0v) is 18.5. The summed E-state index contributed by atoms with van der Waals surface area (Å²) in [6, 6.07) is 23.9. The third kappa shape index (κ3) is 2.17. The number of amides is 2. The highest BCUT2D eigenvalue weighted by atomic mass is 16.6. The zero-order valence-electron chi connectivity index (χ0n) is 18.5. The summed E-state index contributed by atoms with van der Waals surface area (Å²) in [7, 11) is 0. The molecule has 2 aliphatic heterocycles. The van der Waals surface area contributed by atoms with E-state index in [2.05, 4.69) is 6.07 Å². The summed E-state index contributed by atoms with van der Waals surface area (Å²) in [6.45, 7) is 0. The molecule has 0 bridgehead atoms. The van der Waals surface area contributed by atoms with Crippen molar-refractivity contribution in [1.82, 2.24) is 0 Å². The van der Waals surface area contributed by atoms with Gasteiger partial charge in [-0.1, -0.05) is 48.5 Å². The number of carbonyl (C=O) groups excluding carboxylic acids is 4. The van der Waals surface area contributed by atoms with Crippen LogP contribution >= 0.6 is 0 Å². The fourth-order valence-corrected chi connectivity index (χ4v) is 5.87. The first-order valence-corrected chi connectivity index (χ1v) is 11.4. The lowest BCUT2D eigenvalue weighted by molar-refractivity contribution is 0.0390. The minimum Gasteiger partial charge on any atom is -0.386 e. The summed E-state index contributed by atoms with van der Waals surface area (Å²) in [5.41, 5.74) is 1.36. The van der Waals surface area contributed by atoms with Gasteiger partial charge in [-0.15, -0.1) is 0 Å². The summed E-state index contributed by atoms with van der Waals surface area (Å²) in [4.78, 5) is 53.8. The summed E-state index contributed by atoms with van der Waals surface area (Å²) in [6.07, 6.45) is 0. The van der Waals surface area contributed by atoms with Crippen molar-refractivity contribution in [2.45, 2.75) is 0 Å². The van der Waals surface area contributed by atoms with E-state index in [-0.39, 0.29) is 22.3 Å². The number of carbonyl (C=O) groups is 4. The molecule has 168 valence electrons. The Labute approximate surface area is 202 Å². The summed E-state index contributed by atoms with van der Waals surface area (Å²) < 4.78 is 4.83. The Bertz CT molecular complexity index is 1990. The number of hydrogen-bond donors (Lipinski definition) is 0. The van der Waals surface area contributed by atoms with E-state index < -0.39 is 23.8 Å². The van der Waals surface area contributed by atoms with Gasteiger partial charge in [0.05, 0.1) is 16.8 Å². The highest BCUT2D eigenvalue weighted by Crippen LogP contribution is 2.43. The Morgan fingerprint density at radius 3 is 1.69 bits per heavy atom. The third-order valence-electron chi connectivity index (χ3n) is 7.38. The molecule has 36 heavy (non-hydrogen) atoms. The van der Waals surface area contributed by atoms with E-state index >= 15 is 0 Å². The van der Waals surface area contributed by atoms with Crippen molar-refractivity contribution in [2.24, 2.45) is 0 Å². The fraction of sp³-hybridized carbons (Fsp3) is 0. The number of anilines is 1. The molecule has 0 saturated carbocycles. The van der Waals surface area contributed by atoms with Crippen molar-refractivity contribution in [2.75, 3.05) is 4.90 Å². The highest BCUT2D eigenvalue weighted by Gasteiger charge is 2.39. The number of hydrogen-bond acceptors (Lipinski definition) is 5. The Kier molecular flexibility index (Phi) is 3.37. The molecule has 0 unspecified atom stereocenters. The van der Waals surface area contributed by atoms with Crippen molar-refractivity contribution in [3.63, 3.8) is 0 Å². The van der Waals surface area contributed by atoms with Crippen LogP contribution in [0.4, 0.5) is 5.69 Å². The van der Waals surface area contributed by atoms with Crippen molar-refractivity contribution < 1.29 is 23.9 Å². The van der Waals surface area contributed by atoms with Gasteiger partial charge in [-0.2, -0.15) is 0 Å². The average Bonchev–Trinajstić information content (AvgIpc) is 2.89. The second kappa shape index (κ2) is 6.31. The van der Waals surface area contributed by atoms with Gasteiger partial charge in [-0.25, -0.2) is 14.5 Å². The SMILES string of the molecule is O=C1OC(=O)c2ccc3c4c(ccc1c24)C(=O)N(c1cc2cccc4ccc5cccc1c5c42)C3=O. The third-order valence-corrected chi connectivity index (χ3v) is 7.38. The van der Waals surface area contributed by atoms with Crippen LogP contribution in [0.3, 0.4) is 0 Å². The van der Waals surface area contributed by atoms with E-state index in [1.165, 1.54) is 29.2 Å². The average molecular weight is 467 g/mol. The molecule has 2 amide bonds. The van der Waals surface area contributed by atoms with Gasteiger partial charge in [0.2, 0.25) is 0 Å². The lowest BCUT2D eigenvalue weighted by atomic mass is 9.86. The quantitative estimate of drug-likeness (QED) is 0.131. The Morgan fingerprint density at radius 1 is 0.500 bits per heavy atom. The standard InChI is InChI=1S/C30H13NO5/c32-27-18-9-11-20-26-21(30(35)36-29(20)34)12-10-19(25(18)26)28(33)31(27)22-13-16-5-1-3-14-7-8-15-4-2-6-17(22)24(15)23(14)16/h1-13H. The smallest absolute Gasteiger partial charge is 0.346 e. The number of benzene rings is 6. The molecule has 0 fully saturated rings. The summed E-state index contributed by atoms with van der Waals surface area (Å²) >= 11 is 0. The molecule has 6 heteroatoms. The van der Waals surface area contributed by atoms with Crippen molar-refractivity contribution in [3.05, 3.63) is 101 Å². The lowest BCUT2D eigenvalue weighted by Crippen LogP contribution is -2.41. The monoisotopic (exact) mass is 467 g/mol. The van der Waals surface area contributed by atoms with E-state index in [1.54, 1.807) is 0 Å². The fourth-order valence-electron chi connectivity index (χ4n) is 5.87. The van der Waals surface area contributed by atoms with Crippen LogP contribution in [-0.4, -0.2) is 23.8 Å². The number of esters is 2. The molecule has 0 saturated heterocycles.